The summed E-state index contributed by atoms with van der Waals surface area (Å²) in [7, 11) is 1.56. The molecule has 0 radical (unpaired) electrons. The van der Waals surface area contributed by atoms with Crippen LogP contribution in [0.1, 0.15) is 5.56 Å². The summed E-state index contributed by atoms with van der Waals surface area (Å²) in [5.74, 6) is 1.18. The van der Waals surface area contributed by atoms with Gasteiger partial charge < -0.3 is 9.47 Å². The maximum atomic E-state index is 12.0. The van der Waals surface area contributed by atoms with Gasteiger partial charge in [-0.05, 0) is 42.5 Å². The summed E-state index contributed by atoms with van der Waals surface area (Å²) in [4.78, 5) is 12.0. The number of rotatable bonds is 6. The van der Waals surface area contributed by atoms with Crippen molar-refractivity contribution in [1.29, 1.82) is 0 Å². The first-order valence-corrected chi connectivity index (χ1v) is 7.06. The smallest absolute Gasteiger partial charge is 0.174 e. The van der Waals surface area contributed by atoms with E-state index in [0.29, 0.717) is 21.5 Å². The second-order valence-corrected chi connectivity index (χ2v) is 5.29. The predicted molar refractivity (Wildman–Crippen MR) is 83.7 cm³/mol. The van der Waals surface area contributed by atoms with E-state index in [1.807, 2.05) is 0 Å². The Kier molecular flexibility index (Phi) is 5.48. The highest BCUT2D eigenvalue weighted by Gasteiger charge is 2.10. The Labute approximate surface area is 133 Å². The normalized spacial score (nSPS) is 10.2. The van der Waals surface area contributed by atoms with E-state index in [0.717, 1.165) is 5.56 Å². The average Bonchev–Trinajstić information content (AvgIpc) is 2.47. The highest BCUT2D eigenvalue weighted by Crippen LogP contribution is 2.23. The highest BCUT2D eigenvalue weighted by molar-refractivity contribution is 6.30. The van der Waals surface area contributed by atoms with E-state index in [9.17, 15) is 4.79 Å². The van der Waals surface area contributed by atoms with Crippen LogP contribution >= 0.6 is 23.2 Å². The lowest BCUT2D eigenvalue weighted by Gasteiger charge is -2.09. The minimum absolute atomic E-state index is 0.0166. The van der Waals surface area contributed by atoms with Crippen molar-refractivity contribution in [2.24, 2.45) is 0 Å². The molecule has 0 atom stereocenters. The molecule has 0 N–H and O–H groups in total. The summed E-state index contributed by atoms with van der Waals surface area (Å²) < 4.78 is 10.6. The second kappa shape index (κ2) is 7.34. The van der Waals surface area contributed by atoms with Crippen molar-refractivity contribution in [3.05, 3.63) is 58.1 Å². The molecule has 0 aliphatic heterocycles. The van der Waals surface area contributed by atoms with Gasteiger partial charge >= 0.3 is 0 Å². The molecule has 0 aliphatic carbocycles. The third-order valence-electron chi connectivity index (χ3n) is 2.84. The fourth-order valence-electron chi connectivity index (χ4n) is 1.84. The molecule has 0 aromatic heterocycles. The molecular weight excluding hydrogens is 311 g/mol. The van der Waals surface area contributed by atoms with Crippen LogP contribution in [0, 0.1) is 0 Å². The Morgan fingerprint density at radius 3 is 2.38 bits per heavy atom. The van der Waals surface area contributed by atoms with Gasteiger partial charge in [0.2, 0.25) is 0 Å². The van der Waals surface area contributed by atoms with E-state index in [-0.39, 0.29) is 18.8 Å². The van der Waals surface area contributed by atoms with Gasteiger partial charge in [0.25, 0.3) is 0 Å². The molecule has 2 aromatic rings. The summed E-state index contributed by atoms with van der Waals surface area (Å²) in [5, 5.41) is 1.19. The fraction of sp³-hybridized carbons (Fsp3) is 0.188. The predicted octanol–water partition coefficient (Wildman–Crippen LogP) is 4.19. The molecule has 2 rings (SSSR count). The lowest BCUT2D eigenvalue weighted by atomic mass is 10.1. The van der Waals surface area contributed by atoms with Crippen molar-refractivity contribution in [3.63, 3.8) is 0 Å². The monoisotopic (exact) mass is 324 g/mol. The summed E-state index contributed by atoms with van der Waals surface area (Å²) in [6.07, 6.45) is 0.206. The molecule has 2 aromatic carbocycles. The molecule has 0 unspecified atom stereocenters. The minimum Gasteiger partial charge on any atom is -0.496 e. The molecule has 0 amide bonds. The largest absolute Gasteiger partial charge is 0.496 e. The van der Waals surface area contributed by atoms with Crippen molar-refractivity contribution >= 4 is 29.0 Å². The van der Waals surface area contributed by atoms with Crippen molar-refractivity contribution in [2.45, 2.75) is 6.42 Å². The summed E-state index contributed by atoms with van der Waals surface area (Å²) in [6.45, 7) is -0.0166. The van der Waals surface area contributed by atoms with E-state index >= 15 is 0 Å². The number of hydrogen-bond donors (Lipinski definition) is 0. The Morgan fingerprint density at radius 1 is 1.05 bits per heavy atom. The van der Waals surface area contributed by atoms with Crippen molar-refractivity contribution < 1.29 is 14.3 Å². The van der Waals surface area contributed by atoms with Gasteiger partial charge in [-0.3, -0.25) is 4.79 Å². The SMILES string of the molecule is COc1ccc(Cl)cc1CC(=O)COc1ccc(Cl)cc1. The molecule has 0 aliphatic rings. The molecule has 0 saturated carbocycles. The van der Waals surface area contributed by atoms with E-state index in [4.69, 9.17) is 32.7 Å². The zero-order valence-corrected chi connectivity index (χ0v) is 12.9. The Hall–Kier alpha value is -1.71. The van der Waals surface area contributed by atoms with E-state index in [2.05, 4.69) is 0 Å². The Bertz CT molecular complexity index is 624. The molecule has 0 bridgehead atoms. The van der Waals surface area contributed by atoms with E-state index in [1.54, 1.807) is 49.6 Å². The van der Waals surface area contributed by atoms with Crippen LogP contribution in [0.4, 0.5) is 0 Å². The number of benzene rings is 2. The zero-order chi connectivity index (χ0) is 15.2. The lowest BCUT2D eigenvalue weighted by molar-refractivity contribution is -0.120. The number of methoxy groups -OCH3 is 1. The number of ketones is 1. The Balaban J connectivity index is 1.95. The highest BCUT2D eigenvalue weighted by atomic mass is 35.5. The topological polar surface area (TPSA) is 35.5 Å². The molecule has 0 saturated heterocycles. The third-order valence-corrected chi connectivity index (χ3v) is 3.33. The van der Waals surface area contributed by atoms with Gasteiger partial charge in [0.15, 0.2) is 5.78 Å². The molecule has 0 heterocycles. The number of carbonyl (C=O) groups excluding carboxylic acids is 1. The summed E-state index contributed by atoms with van der Waals surface area (Å²) >= 11 is 11.7. The number of Topliss-reactive ketones (excluding diaryl/α,β-unsaturated/α-hetero) is 1. The third kappa shape index (κ3) is 4.66. The first kappa shape index (κ1) is 15.7. The maximum Gasteiger partial charge on any atom is 0.174 e. The van der Waals surface area contributed by atoms with Crippen LogP contribution in [0.3, 0.4) is 0 Å². The van der Waals surface area contributed by atoms with Gasteiger partial charge in [-0.2, -0.15) is 0 Å². The number of carbonyl (C=O) groups is 1. The van der Waals surface area contributed by atoms with Crippen LogP contribution in [-0.4, -0.2) is 19.5 Å². The first-order chi connectivity index (χ1) is 10.1. The van der Waals surface area contributed by atoms with Crippen molar-refractivity contribution in [3.8, 4) is 11.5 Å². The van der Waals surface area contributed by atoms with Gasteiger partial charge in [-0.1, -0.05) is 23.2 Å². The van der Waals surface area contributed by atoms with Crippen LogP contribution < -0.4 is 9.47 Å². The van der Waals surface area contributed by atoms with Crippen molar-refractivity contribution in [2.75, 3.05) is 13.7 Å². The number of halogens is 2. The minimum atomic E-state index is -0.0643. The summed E-state index contributed by atoms with van der Waals surface area (Å²) in [5.41, 5.74) is 0.745. The fourth-order valence-corrected chi connectivity index (χ4v) is 2.16. The first-order valence-electron chi connectivity index (χ1n) is 6.31. The summed E-state index contributed by atoms with van der Waals surface area (Å²) in [6, 6.07) is 12.0. The molecule has 21 heavy (non-hydrogen) atoms. The molecular formula is C16H14Cl2O3. The van der Waals surface area contributed by atoms with E-state index < -0.39 is 0 Å². The molecule has 110 valence electrons. The maximum absolute atomic E-state index is 12.0. The Morgan fingerprint density at radius 2 is 1.71 bits per heavy atom. The average molecular weight is 325 g/mol. The van der Waals surface area contributed by atoms with Gasteiger partial charge in [0.05, 0.1) is 7.11 Å². The number of hydrogen-bond acceptors (Lipinski definition) is 3. The van der Waals surface area contributed by atoms with Gasteiger partial charge in [0, 0.05) is 22.0 Å². The molecule has 0 spiro atoms. The standard InChI is InChI=1S/C16H14Cl2O3/c1-20-16-7-4-13(18)8-11(16)9-14(19)10-21-15-5-2-12(17)3-6-15/h2-8H,9-10H2,1H3. The van der Waals surface area contributed by atoms with Crippen LogP contribution in [0.25, 0.3) is 0 Å². The lowest BCUT2D eigenvalue weighted by Crippen LogP contribution is -2.14. The van der Waals surface area contributed by atoms with E-state index in [1.165, 1.54) is 0 Å². The van der Waals surface area contributed by atoms with Crippen LogP contribution in [0.15, 0.2) is 42.5 Å². The van der Waals surface area contributed by atoms with Gasteiger partial charge in [0.1, 0.15) is 18.1 Å². The molecule has 0 fully saturated rings. The zero-order valence-electron chi connectivity index (χ0n) is 11.4. The van der Waals surface area contributed by atoms with Crippen LogP contribution in [0.2, 0.25) is 10.0 Å². The van der Waals surface area contributed by atoms with Gasteiger partial charge in [-0.25, -0.2) is 0 Å². The quantitative estimate of drug-likeness (QED) is 0.799. The van der Waals surface area contributed by atoms with Crippen molar-refractivity contribution in [1.82, 2.24) is 0 Å². The van der Waals surface area contributed by atoms with Crippen LogP contribution in [0.5, 0.6) is 11.5 Å². The van der Waals surface area contributed by atoms with Gasteiger partial charge in [-0.15, -0.1) is 0 Å². The molecule has 5 heteroatoms. The number of ether oxygens (including phenoxy) is 2. The van der Waals surface area contributed by atoms with Crippen LogP contribution in [-0.2, 0) is 11.2 Å². The second-order valence-electron chi connectivity index (χ2n) is 4.41. The molecule has 3 nitrogen and oxygen atoms in total.